The fourth-order valence-electron chi connectivity index (χ4n) is 8.46. The fourth-order valence-corrected chi connectivity index (χ4v) is 8.46. The molecule has 3 aliphatic heterocycles. The molecule has 0 amide bonds. The standard InChI is InChI=1S/C31H40N8O.C8H14FN.CHF3/c1-7-19(2)23-11-12-26(33)25(17-32)29(23)21-9-10-24-28(15-21)34-31(40-6)35-30(24)38-13-8-14-39-22(18-38)16-27(36-39)20(3)37(4)5;1-8-3-2-4-10(8)6-7(9)5-8;2-1(3)4/h11-12,16,19,21H,3,7-10,13-15,18,33H2,1-2,4-6H3;7H,2-6H2,1H3;1H. The first-order valence-electron chi connectivity index (χ1n) is 18.9. The van der Waals surface area contributed by atoms with Crippen LogP contribution >= 0.6 is 0 Å². The molecule has 0 spiro atoms. The number of fused-ring (bicyclic) bond motifs is 3. The fraction of sp³-hybridized carbons (Fsp3) is 0.600. The van der Waals surface area contributed by atoms with Crippen molar-refractivity contribution in [2.45, 2.75) is 115 Å². The van der Waals surface area contributed by atoms with Crippen LogP contribution in [-0.4, -0.2) is 88.8 Å². The maximum absolute atomic E-state index is 12.8. The summed E-state index contributed by atoms with van der Waals surface area (Å²) in [5.41, 5.74) is 15.1. The second kappa shape index (κ2) is 17.4. The van der Waals surface area contributed by atoms with Crippen LogP contribution in [0.4, 0.5) is 29.1 Å². The number of halogens is 4. The van der Waals surface area contributed by atoms with E-state index >= 15 is 0 Å². The Kier molecular flexibility index (Phi) is 13.1. The minimum absolute atomic E-state index is 0.160. The summed E-state index contributed by atoms with van der Waals surface area (Å²) < 4.78 is 49.6. The van der Waals surface area contributed by atoms with E-state index < -0.39 is 12.9 Å². The van der Waals surface area contributed by atoms with Crippen molar-refractivity contribution in [1.82, 2.24) is 29.5 Å². The summed E-state index contributed by atoms with van der Waals surface area (Å²) in [4.78, 5) is 16.4. The highest BCUT2D eigenvalue weighted by atomic mass is 19.4. The summed E-state index contributed by atoms with van der Waals surface area (Å²) >= 11 is 0. The second-order valence-electron chi connectivity index (χ2n) is 15.3. The van der Waals surface area contributed by atoms with Crippen LogP contribution in [0, 0.1) is 11.3 Å². The van der Waals surface area contributed by atoms with E-state index in [1.165, 1.54) is 24.0 Å². The van der Waals surface area contributed by atoms with E-state index in [9.17, 15) is 22.8 Å². The van der Waals surface area contributed by atoms with Crippen LogP contribution in [-0.2, 0) is 25.9 Å². The third-order valence-electron chi connectivity index (χ3n) is 11.5. The second-order valence-corrected chi connectivity index (χ2v) is 15.3. The average Bonchev–Trinajstić information content (AvgIpc) is 3.74. The Balaban J connectivity index is 0.000000334. The van der Waals surface area contributed by atoms with E-state index in [1.54, 1.807) is 7.11 Å². The largest absolute Gasteiger partial charge is 0.467 e. The Bertz CT molecular complexity index is 1820. The van der Waals surface area contributed by atoms with Crippen molar-refractivity contribution >= 4 is 17.2 Å². The number of anilines is 2. The molecular weight excluding hydrogens is 698 g/mol. The molecule has 2 saturated heterocycles. The Morgan fingerprint density at radius 3 is 2.57 bits per heavy atom. The molecule has 294 valence electrons. The minimum Gasteiger partial charge on any atom is -0.467 e. The van der Waals surface area contributed by atoms with E-state index in [0.29, 0.717) is 36.3 Å². The van der Waals surface area contributed by atoms with Crippen LogP contribution in [0.5, 0.6) is 6.01 Å². The van der Waals surface area contributed by atoms with Crippen LogP contribution in [0.2, 0.25) is 0 Å². The number of nitriles is 1. The number of nitrogen functional groups attached to an aromatic ring is 1. The number of rotatable bonds is 7. The van der Waals surface area contributed by atoms with Crippen molar-refractivity contribution < 1.29 is 22.3 Å². The van der Waals surface area contributed by atoms with Gasteiger partial charge in [-0.05, 0) is 99.9 Å². The lowest BCUT2D eigenvalue weighted by molar-refractivity contribution is 0.00818. The number of hydrogen-bond donors (Lipinski definition) is 1. The highest BCUT2D eigenvalue weighted by Gasteiger charge is 2.44. The molecule has 14 heteroatoms. The number of aryl methyl sites for hydroxylation is 1. The Hall–Kier alpha value is -4.38. The summed E-state index contributed by atoms with van der Waals surface area (Å²) in [6.45, 7) is 11.4. The Morgan fingerprint density at radius 1 is 1.19 bits per heavy atom. The zero-order chi connectivity index (χ0) is 39.3. The maximum atomic E-state index is 12.8. The normalized spacial score (nSPS) is 22.4. The molecule has 4 atom stereocenters. The van der Waals surface area contributed by atoms with Crippen molar-refractivity contribution in [3.05, 3.63) is 64.1 Å². The Labute approximate surface area is 317 Å². The van der Waals surface area contributed by atoms with Gasteiger partial charge in [-0.1, -0.05) is 26.5 Å². The van der Waals surface area contributed by atoms with Crippen LogP contribution < -0.4 is 15.4 Å². The van der Waals surface area contributed by atoms with Gasteiger partial charge in [0.15, 0.2) is 0 Å². The maximum Gasteiger partial charge on any atom is 0.379 e. The lowest BCUT2D eigenvalue weighted by atomic mass is 9.76. The summed E-state index contributed by atoms with van der Waals surface area (Å²) in [5.74, 6) is 1.44. The molecule has 54 heavy (non-hydrogen) atoms. The third kappa shape index (κ3) is 8.94. The SMILES string of the molecule is C=C(c1cc2n(n1)CCCN(c1nc(OC)nc3c1CCC(c1c(C(C)CC)ccc(N)c1C#N)C3)C2)N(C)C.CC12CCCN1CC(F)C2.FC(F)F. The number of aromatic nitrogens is 4. The Morgan fingerprint density at radius 2 is 1.93 bits per heavy atom. The average molecular weight is 754 g/mol. The van der Waals surface area contributed by atoms with Crippen molar-refractivity contribution in [3.8, 4) is 12.1 Å². The van der Waals surface area contributed by atoms with E-state index in [4.69, 9.17) is 25.5 Å². The smallest absolute Gasteiger partial charge is 0.379 e. The van der Waals surface area contributed by atoms with E-state index in [0.717, 1.165) is 92.3 Å². The van der Waals surface area contributed by atoms with Gasteiger partial charge in [0.2, 0.25) is 0 Å². The molecule has 10 nitrogen and oxygen atoms in total. The summed E-state index contributed by atoms with van der Waals surface area (Å²) in [7, 11) is 5.59. The van der Waals surface area contributed by atoms with Gasteiger partial charge >= 0.3 is 12.7 Å². The molecule has 0 radical (unpaired) electrons. The lowest BCUT2D eigenvalue weighted by Crippen LogP contribution is -2.34. The number of nitrogens with zero attached hydrogens (tertiary/aromatic N) is 8. The van der Waals surface area contributed by atoms with Crippen LogP contribution in [0.1, 0.15) is 110 Å². The number of nitrogens with two attached hydrogens (primary N) is 1. The highest BCUT2D eigenvalue weighted by molar-refractivity contribution is 5.63. The van der Waals surface area contributed by atoms with Crippen molar-refractivity contribution in [2.75, 3.05) is 51.5 Å². The summed E-state index contributed by atoms with van der Waals surface area (Å²) in [6.07, 6.45) is 7.11. The molecule has 2 fully saturated rings. The number of ether oxygens (including phenoxy) is 1. The van der Waals surface area contributed by atoms with Gasteiger partial charge in [0.1, 0.15) is 23.8 Å². The van der Waals surface area contributed by atoms with Crippen molar-refractivity contribution in [2.24, 2.45) is 0 Å². The molecule has 1 aliphatic carbocycles. The molecule has 4 unspecified atom stereocenters. The molecular formula is C40H55F4N9O. The molecule has 2 aromatic heterocycles. The molecule has 5 heterocycles. The third-order valence-corrected chi connectivity index (χ3v) is 11.5. The van der Waals surface area contributed by atoms with Gasteiger partial charge in [-0.3, -0.25) is 9.58 Å². The summed E-state index contributed by atoms with van der Waals surface area (Å²) in [6, 6.07) is 8.93. The predicted molar refractivity (Wildman–Crippen MR) is 204 cm³/mol. The van der Waals surface area contributed by atoms with Crippen LogP contribution in [0.15, 0.2) is 24.8 Å². The van der Waals surface area contributed by atoms with Crippen LogP contribution in [0.3, 0.4) is 0 Å². The van der Waals surface area contributed by atoms with E-state index in [1.807, 2.05) is 25.1 Å². The lowest BCUT2D eigenvalue weighted by Gasteiger charge is -2.32. The van der Waals surface area contributed by atoms with Crippen molar-refractivity contribution in [3.63, 3.8) is 0 Å². The highest BCUT2D eigenvalue weighted by Crippen LogP contribution is 2.43. The predicted octanol–water partition coefficient (Wildman–Crippen LogP) is 7.63. The van der Waals surface area contributed by atoms with E-state index in [-0.39, 0.29) is 11.5 Å². The molecule has 2 N–H and O–H groups in total. The zero-order valence-corrected chi connectivity index (χ0v) is 32.5. The van der Waals surface area contributed by atoms with Gasteiger partial charge in [0.25, 0.3) is 0 Å². The quantitative estimate of drug-likeness (QED) is 0.192. The first kappa shape index (κ1) is 40.8. The van der Waals surface area contributed by atoms with Gasteiger partial charge in [0.05, 0.1) is 36.3 Å². The topological polar surface area (TPSA) is 112 Å². The first-order chi connectivity index (χ1) is 25.7. The molecule has 0 bridgehead atoms. The molecule has 0 saturated carbocycles. The molecule has 1 aromatic carbocycles. The first-order valence-corrected chi connectivity index (χ1v) is 18.9. The van der Waals surface area contributed by atoms with Gasteiger partial charge in [0, 0.05) is 50.5 Å². The van der Waals surface area contributed by atoms with Gasteiger partial charge in [-0.25, -0.2) is 4.39 Å². The minimum atomic E-state index is -3.67. The number of benzene rings is 1. The number of hydrogen-bond acceptors (Lipinski definition) is 9. The van der Waals surface area contributed by atoms with E-state index in [2.05, 4.69) is 60.0 Å². The molecule has 4 aliphatic rings. The van der Waals surface area contributed by atoms with Gasteiger partial charge < -0.3 is 20.3 Å². The summed E-state index contributed by atoms with van der Waals surface area (Å²) in [5, 5.41) is 14.9. The van der Waals surface area contributed by atoms with Crippen molar-refractivity contribution in [1.29, 1.82) is 5.26 Å². The van der Waals surface area contributed by atoms with Gasteiger partial charge in [-0.2, -0.15) is 33.5 Å². The number of methoxy groups -OCH3 is 1. The van der Waals surface area contributed by atoms with Gasteiger partial charge in [-0.15, -0.1) is 0 Å². The van der Waals surface area contributed by atoms with Crippen LogP contribution in [0.25, 0.3) is 5.70 Å². The number of alkyl halides is 4. The molecule has 7 rings (SSSR count). The zero-order valence-electron chi connectivity index (χ0n) is 32.5. The molecule has 3 aromatic rings. The monoisotopic (exact) mass is 753 g/mol.